The molecule has 4 nitrogen and oxygen atoms in total. The third-order valence-corrected chi connectivity index (χ3v) is 4.19. The lowest BCUT2D eigenvalue weighted by Gasteiger charge is -2.10. The fourth-order valence-corrected chi connectivity index (χ4v) is 2.94. The van der Waals surface area contributed by atoms with Crippen molar-refractivity contribution in [3.8, 4) is 5.75 Å². The van der Waals surface area contributed by atoms with E-state index in [1.807, 2.05) is 48.5 Å². The normalized spacial score (nSPS) is 11.4. The lowest BCUT2D eigenvalue weighted by atomic mass is 10.1. The lowest BCUT2D eigenvalue weighted by Crippen LogP contribution is -1.95. The van der Waals surface area contributed by atoms with Crippen molar-refractivity contribution in [3.05, 3.63) is 77.3 Å². The number of pyridine rings is 1. The Labute approximate surface area is 149 Å². The largest absolute Gasteiger partial charge is 0.507 e. The molecule has 0 aliphatic heterocycles. The first-order valence-corrected chi connectivity index (χ1v) is 8.15. The Hall–Kier alpha value is -3.11. The monoisotopic (exact) mass is 347 g/mol. The fourth-order valence-electron chi connectivity index (χ4n) is 2.76. The summed E-state index contributed by atoms with van der Waals surface area (Å²) in [5.74, 6) is 0.124. The fraction of sp³-hybridized carbons (Fsp3) is 0. The van der Waals surface area contributed by atoms with Gasteiger partial charge in [0.1, 0.15) is 5.75 Å². The summed E-state index contributed by atoms with van der Waals surface area (Å²) in [4.78, 5) is 4.68. The maximum atomic E-state index is 9.89. The number of phenols is 1. The number of hydrogen-bond donors (Lipinski definition) is 2. The zero-order chi connectivity index (χ0) is 17.2. The second-order valence-electron chi connectivity index (χ2n) is 5.59. The standard InChI is InChI=1S/C20H14ClN3O/c21-14-9-10-19(25)13(11-14)12-22-24-20-15-5-1-3-7-17(15)23-18-8-4-2-6-16(18)20/h1-12,25H,(H,23,24)/b22-12+. The van der Waals surface area contributed by atoms with Crippen LogP contribution in [0.3, 0.4) is 0 Å². The number of para-hydroxylation sites is 2. The smallest absolute Gasteiger partial charge is 0.124 e. The summed E-state index contributed by atoms with van der Waals surface area (Å²) >= 11 is 5.97. The number of aromatic hydroxyl groups is 1. The highest BCUT2D eigenvalue weighted by Gasteiger charge is 2.07. The number of halogens is 1. The van der Waals surface area contributed by atoms with Gasteiger partial charge in [0.05, 0.1) is 22.9 Å². The summed E-state index contributed by atoms with van der Waals surface area (Å²) in [6.07, 6.45) is 1.55. The first-order chi connectivity index (χ1) is 12.2. The minimum absolute atomic E-state index is 0.124. The Morgan fingerprint density at radius 3 is 2.24 bits per heavy atom. The molecule has 0 atom stereocenters. The van der Waals surface area contributed by atoms with Crippen LogP contribution in [0.25, 0.3) is 21.8 Å². The third kappa shape index (κ3) is 2.99. The number of phenolic OH excluding ortho intramolecular Hbond substituents is 1. The first kappa shape index (κ1) is 15.4. The molecule has 3 aromatic carbocycles. The van der Waals surface area contributed by atoms with Gasteiger partial charge < -0.3 is 5.11 Å². The molecule has 0 aliphatic carbocycles. The van der Waals surface area contributed by atoms with Crippen LogP contribution in [0.2, 0.25) is 5.02 Å². The molecule has 0 unspecified atom stereocenters. The van der Waals surface area contributed by atoms with Gasteiger partial charge in [-0.05, 0) is 30.3 Å². The maximum Gasteiger partial charge on any atom is 0.124 e. The molecule has 4 rings (SSSR count). The third-order valence-electron chi connectivity index (χ3n) is 3.96. The van der Waals surface area contributed by atoms with E-state index in [4.69, 9.17) is 11.6 Å². The summed E-state index contributed by atoms with van der Waals surface area (Å²) in [5, 5.41) is 16.7. The molecule has 0 saturated heterocycles. The van der Waals surface area contributed by atoms with Gasteiger partial charge in [-0.1, -0.05) is 48.0 Å². The van der Waals surface area contributed by atoms with Crippen molar-refractivity contribution in [1.29, 1.82) is 0 Å². The highest BCUT2D eigenvalue weighted by molar-refractivity contribution is 6.30. The molecule has 0 amide bonds. The number of aromatic nitrogens is 1. The topological polar surface area (TPSA) is 57.5 Å². The maximum absolute atomic E-state index is 9.89. The van der Waals surface area contributed by atoms with Crippen LogP contribution in [-0.4, -0.2) is 16.3 Å². The number of hydrogen-bond acceptors (Lipinski definition) is 4. The summed E-state index contributed by atoms with van der Waals surface area (Å²) in [7, 11) is 0. The van der Waals surface area contributed by atoms with Crippen molar-refractivity contribution in [2.75, 3.05) is 5.43 Å². The van der Waals surface area contributed by atoms with Gasteiger partial charge >= 0.3 is 0 Å². The zero-order valence-electron chi connectivity index (χ0n) is 13.1. The van der Waals surface area contributed by atoms with E-state index < -0.39 is 0 Å². The zero-order valence-corrected chi connectivity index (χ0v) is 13.9. The van der Waals surface area contributed by atoms with Crippen LogP contribution in [0.4, 0.5) is 5.69 Å². The van der Waals surface area contributed by atoms with Gasteiger partial charge in [0.2, 0.25) is 0 Å². The van der Waals surface area contributed by atoms with E-state index in [1.165, 1.54) is 0 Å². The van der Waals surface area contributed by atoms with Gasteiger partial charge in [-0.25, -0.2) is 4.98 Å². The first-order valence-electron chi connectivity index (χ1n) is 7.77. The van der Waals surface area contributed by atoms with E-state index in [-0.39, 0.29) is 5.75 Å². The predicted molar refractivity (Wildman–Crippen MR) is 104 cm³/mol. The molecule has 0 fully saturated rings. The van der Waals surface area contributed by atoms with Crippen molar-refractivity contribution in [1.82, 2.24) is 4.98 Å². The Kier molecular flexibility index (Phi) is 3.96. The van der Waals surface area contributed by atoms with Gasteiger partial charge in [-0.2, -0.15) is 5.10 Å². The summed E-state index contributed by atoms with van der Waals surface area (Å²) in [6, 6.07) is 20.6. The van der Waals surface area contributed by atoms with Crippen molar-refractivity contribution in [2.24, 2.45) is 5.10 Å². The Bertz CT molecular complexity index is 1050. The highest BCUT2D eigenvalue weighted by Crippen LogP contribution is 2.30. The Morgan fingerprint density at radius 1 is 0.920 bits per heavy atom. The molecule has 2 N–H and O–H groups in total. The molecule has 0 aliphatic rings. The lowest BCUT2D eigenvalue weighted by molar-refractivity contribution is 0.474. The highest BCUT2D eigenvalue weighted by atomic mass is 35.5. The molecule has 0 saturated carbocycles. The predicted octanol–water partition coefficient (Wildman–Crippen LogP) is 5.19. The van der Waals surface area contributed by atoms with Crippen LogP contribution in [0, 0.1) is 0 Å². The molecule has 122 valence electrons. The SMILES string of the molecule is Oc1ccc(Cl)cc1/C=N/Nc1c2ccccc2nc2ccccc12. The minimum atomic E-state index is 0.124. The van der Waals surface area contributed by atoms with Gasteiger partial charge in [0.25, 0.3) is 0 Å². The van der Waals surface area contributed by atoms with Crippen LogP contribution in [0.1, 0.15) is 5.56 Å². The number of fused-ring (bicyclic) bond motifs is 2. The van der Waals surface area contributed by atoms with Crippen LogP contribution >= 0.6 is 11.6 Å². The second kappa shape index (κ2) is 6.42. The van der Waals surface area contributed by atoms with E-state index in [2.05, 4.69) is 15.5 Å². The molecule has 1 heterocycles. The summed E-state index contributed by atoms with van der Waals surface area (Å²) in [5.41, 5.74) is 6.31. The molecule has 0 spiro atoms. The van der Waals surface area contributed by atoms with Crippen LogP contribution < -0.4 is 5.43 Å². The van der Waals surface area contributed by atoms with Crippen molar-refractivity contribution >= 4 is 45.3 Å². The van der Waals surface area contributed by atoms with E-state index in [0.29, 0.717) is 10.6 Å². The molecular formula is C20H14ClN3O. The number of nitrogens with one attached hydrogen (secondary N) is 1. The Balaban J connectivity index is 1.79. The molecule has 1 aromatic heterocycles. The summed E-state index contributed by atoms with van der Waals surface area (Å²) in [6.45, 7) is 0. The second-order valence-corrected chi connectivity index (χ2v) is 6.03. The van der Waals surface area contributed by atoms with E-state index in [0.717, 1.165) is 27.5 Å². The van der Waals surface area contributed by atoms with Crippen LogP contribution in [0.5, 0.6) is 5.75 Å². The molecule has 0 radical (unpaired) electrons. The minimum Gasteiger partial charge on any atom is -0.507 e. The van der Waals surface area contributed by atoms with E-state index in [9.17, 15) is 5.11 Å². The number of hydrazone groups is 1. The number of rotatable bonds is 3. The number of anilines is 1. The average Bonchev–Trinajstić information content (AvgIpc) is 2.64. The quantitative estimate of drug-likeness (QED) is 0.304. The van der Waals surface area contributed by atoms with Gasteiger partial charge in [0, 0.05) is 21.4 Å². The Morgan fingerprint density at radius 2 is 1.56 bits per heavy atom. The molecule has 4 aromatic rings. The van der Waals surface area contributed by atoms with Gasteiger partial charge in [-0.3, -0.25) is 5.43 Å². The van der Waals surface area contributed by atoms with Gasteiger partial charge in [-0.15, -0.1) is 0 Å². The molecule has 0 bridgehead atoms. The molecular weight excluding hydrogens is 334 g/mol. The van der Waals surface area contributed by atoms with Gasteiger partial charge in [0.15, 0.2) is 0 Å². The number of benzene rings is 3. The molecule has 5 heteroatoms. The van der Waals surface area contributed by atoms with Crippen molar-refractivity contribution in [3.63, 3.8) is 0 Å². The van der Waals surface area contributed by atoms with Crippen LogP contribution in [0.15, 0.2) is 71.8 Å². The van der Waals surface area contributed by atoms with Crippen molar-refractivity contribution < 1.29 is 5.11 Å². The van der Waals surface area contributed by atoms with E-state index in [1.54, 1.807) is 24.4 Å². The van der Waals surface area contributed by atoms with E-state index >= 15 is 0 Å². The van der Waals surface area contributed by atoms with Crippen LogP contribution in [-0.2, 0) is 0 Å². The number of nitrogens with zero attached hydrogens (tertiary/aromatic N) is 2. The van der Waals surface area contributed by atoms with Crippen molar-refractivity contribution in [2.45, 2.75) is 0 Å². The average molecular weight is 348 g/mol. The summed E-state index contributed by atoms with van der Waals surface area (Å²) < 4.78 is 0. The molecule has 25 heavy (non-hydrogen) atoms.